The molecule has 0 unspecified atom stereocenters. The predicted molar refractivity (Wildman–Crippen MR) is 102 cm³/mol. The Balaban J connectivity index is 1.63. The molecular weight excluding hydrogens is 344 g/mol. The summed E-state index contributed by atoms with van der Waals surface area (Å²) in [5.74, 6) is -0.440. The molecule has 0 aliphatic rings. The highest BCUT2D eigenvalue weighted by Gasteiger charge is 2.20. The molecule has 0 radical (unpaired) electrons. The van der Waals surface area contributed by atoms with Crippen molar-refractivity contribution in [2.75, 3.05) is 11.9 Å². The van der Waals surface area contributed by atoms with Gasteiger partial charge in [0.1, 0.15) is 5.76 Å². The average Bonchev–Trinajstić information content (AvgIpc) is 3.06. The van der Waals surface area contributed by atoms with E-state index < -0.39 is 18.5 Å². The number of oxazole rings is 1. The van der Waals surface area contributed by atoms with Crippen molar-refractivity contribution < 1.29 is 18.7 Å². The van der Waals surface area contributed by atoms with E-state index in [0.29, 0.717) is 17.3 Å². The van der Waals surface area contributed by atoms with Gasteiger partial charge in [0.15, 0.2) is 12.3 Å². The first-order valence-electron chi connectivity index (χ1n) is 8.51. The van der Waals surface area contributed by atoms with Crippen LogP contribution in [0.15, 0.2) is 52.9 Å². The van der Waals surface area contributed by atoms with Crippen LogP contribution in [0.3, 0.4) is 0 Å². The molecule has 1 amide bonds. The van der Waals surface area contributed by atoms with E-state index in [2.05, 4.69) is 10.3 Å². The number of hydrogen-bond donors (Lipinski definition) is 1. The summed E-state index contributed by atoms with van der Waals surface area (Å²) in [5.41, 5.74) is 3.55. The molecule has 0 atom stereocenters. The number of carbonyl (C=O) groups excluding carboxylic acids is 2. The van der Waals surface area contributed by atoms with Gasteiger partial charge in [-0.1, -0.05) is 30.3 Å². The van der Waals surface area contributed by atoms with E-state index in [1.165, 1.54) is 0 Å². The second-order valence-corrected chi connectivity index (χ2v) is 6.16. The maximum absolute atomic E-state index is 12.3. The van der Waals surface area contributed by atoms with Gasteiger partial charge >= 0.3 is 5.97 Å². The fraction of sp³-hybridized carbons (Fsp3) is 0.190. The molecular formula is C21H20N2O4. The van der Waals surface area contributed by atoms with Gasteiger partial charge in [0.2, 0.25) is 5.89 Å². The van der Waals surface area contributed by atoms with E-state index in [-0.39, 0.29) is 5.69 Å². The lowest BCUT2D eigenvalue weighted by Crippen LogP contribution is -2.21. The van der Waals surface area contributed by atoms with E-state index in [1.807, 2.05) is 56.3 Å². The van der Waals surface area contributed by atoms with Gasteiger partial charge in [-0.3, -0.25) is 4.79 Å². The Labute approximate surface area is 157 Å². The molecule has 6 nitrogen and oxygen atoms in total. The Morgan fingerprint density at radius 1 is 1.04 bits per heavy atom. The molecule has 0 bridgehead atoms. The third-order valence-corrected chi connectivity index (χ3v) is 4.22. The zero-order chi connectivity index (χ0) is 19.4. The van der Waals surface area contributed by atoms with Crippen LogP contribution in [0.4, 0.5) is 5.69 Å². The van der Waals surface area contributed by atoms with Gasteiger partial charge < -0.3 is 14.5 Å². The van der Waals surface area contributed by atoms with Crippen LogP contribution in [0.25, 0.3) is 11.5 Å². The number of esters is 1. The van der Waals surface area contributed by atoms with Gasteiger partial charge in [-0.2, -0.15) is 0 Å². The number of ether oxygens (including phenoxy) is 1. The van der Waals surface area contributed by atoms with Gasteiger partial charge in [-0.25, -0.2) is 9.78 Å². The quantitative estimate of drug-likeness (QED) is 0.691. The summed E-state index contributed by atoms with van der Waals surface area (Å²) in [5, 5.41) is 2.74. The van der Waals surface area contributed by atoms with Crippen LogP contribution < -0.4 is 5.32 Å². The summed E-state index contributed by atoms with van der Waals surface area (Å²) in [7, 11) is 0. The molecule has 0 spiro atoms. The molecule has 138 valence electrons. The van der Waals surface area contributed by atoms with Crippen molar-refractivity contribution in [2.24, 2.45) is 0 Å². The summed E-state index contributed by atoms with van der Waals surface area (Å²) < 4.78 is 10.6. The Bertz CT molecular complexity index is 977. The van der Waals surface area contributed by atoms with Crippen LogP contribution in [-0.4, -0.2) is 23.5 Å². The number of carbonyl (C=O) groups is 2. The molecule has 2 aromatic carbocycles. The third kappa shape index (κ3) is 4.23. The fourth-order valence-electron chi connectivity index (χ4n) is 2.56. The highest BCUT2D eigenvalue weighted by atomic mass is 16.5. The first-order valence-corrected chi connectivity index (χ1v) is 8.51. The number of anilines is 1. The number of nitrogens with zero attached hydrogens (tertiary/aromatic N) is 1. The van der Waals surface area contributed by atoms with Crippen LogP contribution in [0.1, 0.15) is 27.4 Å². The van der Waals surface area contributed by atoms with Gasteiger partial charge in [-0.05, 0) is 50.1 Å². The molecule has 3 aromatic rings. The first-order chi connectivity index (χ1) is 13.0. The Morgan fingerprint density at radius 3 is 2.52 bits per heavy atom. The number of nitrogens with one attached hydrogen (secondary N) is 1. The lowest BCUT2D eigenvalue weighted by atomic mass is 10.1. The molecule has 1 aromatic heterocycles. The van der Waals surface area contributed by atoms with Crippen molar-refractivity contribution in [1.82, 2.24) is 4.98 Å². The smallest absolute Gasteiger partial charge is 0.361 e. The van der Waals surface area contributed by atoms with E-state index in [1.54, 1.807) is 13.0 Å². The largest absolute Gasteiger partial charge is 0.451 e. The molecule has 1 N–H and O–H groups in total. The molecule has 6 heteroatoms. The minimum Gasteiger partial charge on any atom is -0.451 e. The molecule has 0 saturated carbocycles. The minimum atomic E-state index is -0.699. The SMILES string of the molecule is Cc1cccc(NC(=O)COC(=O)c2nc(-c3ccccc3)oc2C)c1C. The number of aromatic nitrogens is 1. The monoisotopic (exact) mass is 364 g/mol. The predicted octanol–water partition coefficient (Wildman–Crippen LogP) is 4.06. The van der Waals surface area contributed by atoms with Gasteiger partial charge in [0.05, 0.1) is 0 Å². The van der Waals surface area contributed by atoms with Gasteiger partial charge in [-0.15, -0.1) is 0 Å². The second kappa shape index (κ2) is 7.86. The van der Waals surface area contributed by atoms with Crippen molar-refractivity contribution in [2.45, 2.75) is 20.8 Å². The zero-order valence-corrected chi connectivity index (χ0v) is 15.4. The lowest BCUT2D eigenvalue weighted by Gasteiger charge is -2.10. The van der Waals surface area contributed by atoms with E-state index in [0.717, 1.165) is 16.7 Å². The molecule has 0 aliphatic heterocycles. The Morgan fingerprint density at radius 2 is 1.78 bits per heavy atom. The summed E-state index contributed by atoms with van der Waals surface area (Å²) in [4.78, 5) is 28.5. The number of benzene rings is 2. The lowest BCUT2D eigenvalue weighted by molar-refractivity contribution is -0.119. The third-order valence-electron chi connectivity index (χ3n) is 4.22. The normalized spacial score (nSPS) is 10.5. The molecule has 0 fully saturated rings. The number of rotatable bonds is 5. The average molecular weight is 364 g/mol. The van der Waals surface area contributed by atoms with Crippen LogP contribution in [0, 0.1) is 20.8 Å². The maximum atomic E-state index is 12.3. The van der Waals surface area contributed by atoms with Crippen molar-refractivity contribution in [3.63, 3.8) is 0 Å². The van der Waals surface area contributed by atoms with Crippen LogP contribution in [0.2, 0.25) is 0 Å². The van der Waals surface area contributed by atoms with Crippen LogP contribution in [0.5, 0.6) is 0 Å². The second-order valence-electron chi connectivity index (χ2n) is 6.16. The molecule has 0 aliphatic carbocycles. The summed E-state index contributed by atoms with van der Waals surface area (Å²) >= 11 is 0. The number of hydrogen-bond acceptors (Lipinski definition) is 5. The molecule has 0 saturated heterocycles. The number of amides is 1. The highest BCUT2D eigenvalue weighted by molar-refractivity contribution is 5.95. The van der Waals surface area contributed by atoms with Crippen molar-refractivity contribution in [3.05, 3.63) is 71.1 Å². The molecule has 1 heterocycles. The van der Waals surface area contributed by atoms with Gasteiger partial charge in [0.25, 0.3) is 5.91 Å². The van der Waals surface area contributed by atoms with Crippen LogP contribution >= 0.6 is 0 Å². The fourth-order valence-corrected chi connectivity index (χ4v) is 2.56. The van der Waals surface area contributed by atoms with Crippen molar-refractivity contribution >= 4 is 17.6 Å². The van der Waals surface area contributed by atoms with Crippen molar-refractivity contribution in [1.29, 1.82) is 0 Å². The Kier molecular flexibility index (Phi) is 5.35. The maximum Gasteiger partial charge on any atom is 0.361 e. The van der Waals surface area contributed by atoms with E-state index >= 15 is 0 Å². The summed E-state index contributed by atoms with van der Waals surface area (Å²) in [6.07, 6.45) is 0. The molecule has 27 heavy (non-hydrogen) atoms. The highest BCUT2D eigenvalue weighted by Crippen LogP contribution is 2.22. The topological polar surface area (TPSA) is 81.4 Å². The van der Waals surface area contributed by atoms with E-state index in [9.17, 15) is 9.59 Å². The summed E-state index contributed by atoms with van der Waals surface area (Å²) in [6.45, 7) is 5.11. The number of aryl methyl sites for hydroxylation is 2. The minimum absolute atomic E-state index is 0.0633. The Hall–Kier alpha value is -3.41. The standard InChI is InChI=1S/C21H20N2O4/c1-13-8-7-11-17(14(13)2)22-18(24)12-26-21(25)19-15(3)27-20(23-19)16-9-5-4-6-10-16/h4-11H,12H2,1-3H3,(H,22,24). The van der Waals surface area contributed by atoms with Crippen molar-refractivity contribution in [3.8, 4) is 11.5 Å². The zero-order valence-electron chi connectivity index (χ0n) is 15.4. The van der Waals surface area contributed by atoms with Gasteiger partial charge in [0, 0.05) is 11.3 Å². The first kappa shape index (κ1) is 18.4. The van der Waals surface area contributed by atoms with Crippen LogP contribution in [-0.2, 0) is 9.53 Å². The van der Waals surface area contributed by atoms with E-state index in [4.69, 9.17) is 9.15 Å². The summed E-state index contributed by atoms with van der Waals surface area (Å²) in [6, 6.07) is 14.9. The molecule has 3 rings (SSSR count).